The summed E-state index contributed by atoms with van der Waals surface area (Å²) in [6.45, 7) is 6.35. The quantitative estimate of drug-likeness (QED) is 0.887. The van der Waals surface area contributed by atoms with Gasteiger partial charge >= 0.3 is 6.03 Å². The van der Waals surface area contributed by atoms with Crippen LogP contribution in [0, 0.1) is 13.8 Å². The Hall–Kier alpha value is -2.15. The van der Waals surface area contributed by atoms with E-state index < -0.39 is 0 Å². The van der Waals surface area contributed by atoms with Crippen LogP contribution >= 0.6 is 11.3 Å². The summed E-state index contributed by atoms with van der Waals surface area (Å²) in [7, 11) is 1.56. The lowest BCUT2D eigenvalue weighted by Gasteiger charge is -2.12. The molecular formula is C15H20N4O2S. The molecule has 0 saturated heterocycles. The number of methoxy groups -OCH3 is 1. The summed E-state index contributed by atoms with van der Waals surface area (Å²) in [6.07, 6.45) is 0. The van der Waals surface area contributed by atoms with Gasteiger partial charge in [0.15, 0.2) is 0 Å². The number of amides is 2. The fraction of sp³-hybridized carbons (Fsp3) is 0.400. The van der Waals surface area contributed by atoms with Gasteiger partial charge in [-0.15, -0.1) is 11.3 Å². The number of hydrogen-bond donors (Lipinski definition) is 2. The molecule has 0 saturated carbocycles. The molecule has 0 unspecified atom stereocenters. The van der Waals surface area contributed by atoms with Gasteiger partial charge in [-0.05, 0) is 19.9 Å². The number of aryl methyl sites for hydroxylation is 2. The number of ether oxygens (including phenoxy) is 1. The number of carbonyl (C=O) groups is 1. The molecule has 6 nitrogen and oxygen atoms in total. The third-order valence-electron chi connectivity index (χ3n) is 3.14. The third kappa shape index (κ3) is 4.17. The van der Waals surface area contributed by atoms with Crippen molar-refractivity contribution in [3.63, 3.8) is 0 Å². The molecule has 2 aromatic rings. The Kier molecular flexibility index (Phi) is 5.32. The monoisotopic (exact) mass is 320 g/mol. The topological polar surface area (TPSA) is 76.1 Å². The van der Waals surface area contributed by atoms with Gasteiger partial charge in [0, 0.05) is 29.6 Å². The van der Waals surface area contributed by atoms with E-state index in [4.69, 9.17) is 4.74 Å². The fourth-order valence-electron chi connectivity index (χ4n) is 1.88. The van der Waals surface area contributed by atoms with Gasteiger partial charge in [-0.3, -0.25) is 0 Å². The zero-order chi connectivity index (χ0) is 16.1. The standard InChI is InChI=1S/C15H20N4O2S/c1-9(14-17-10(2)8-22-14)7-16-15(20)19-12-5-6-13(21-4)18-11(12)3/h5-6,8-9H,7H2,1-4H3,(H2,16,19,20)/t9-/m0/s1. The van der Waals surface area contributed by atoms with Crippen molar-refractivity contribution in [1.29, 1.82) is 0 Å². The van der Waals surface area contributed by atoms with E-state index in [1.807, 2.05) is 26.2 Å². The minimum Gasteiger partial charge on any atom is -0.481 e. The van der Waals surface area contributed by atoms with E-state index in [1.54, 1.807) is 30.6 Å². The Morgan fingerprint density at radius 3 is 2.73 bits per heavy atom. The zero-order valence-electron chi connectivity index (χ0n) is 13.1. The number of nitrogens with one attached hydrogen (secondary N) is 2. The molecule has 0 aromatic carbocycles. The largest absolute Gasteiger partial charge is 0.481 e. The van der Waals surface area contributed by atoms with Crippen LogP contribution in [0.1, 0.15) is 29.2 Å². The summed E-state index contributed by atoms with van der Waals surface area (Å²) in [5.74, 6) is 0.704. The summed E-state index contributed by atoms with van der Waals surface area (Å²) in [6, 6.07) is 3.23. The van der Waals surface area contributed by atoms with Crippen molar-refractivity contribution in [3.8, 4) is 5.88 Å². The molecule has 1 atom stereocenters. The highest BCUT2D eigenvalue weighted by Gasteiger charge is 2.12. The first kappa shape index (κ1) is 16.2. The summed E-state index contributed by atoms with van der Waals surface area (Å²) in [5, 5.41) is 8.68. The molecule has 2 amide bonds. The van der Waals surface area contributed by atoms with Crippen LogP contribution in [-0.4, -0.2) is 29.7 Å². The fourth-order valence-corrected chi connectivity index (χ4v) is 2.74. The second kappa shape index (κ2) is 7.22. The number of rotatable bonds is 5. The predicted octanol–water partition coefficient (Wildman–Crippen LogP) is 3.09. The van der Waals surface area contributed by atoms with Crippen LogP contribution in [0.15, 0.2) is 17.5 Å². The lowest BCUT2D eigenvalue weighted by atomic mass is 10.2. The molecule has 2 heterocycles. The molecule has 0 fully saturated rings. The predicted molar refractivity (Wildman–Crippen MR) is 87.8 cm³/mol. The van der Waals surface area contributed by atoms with Gasteiger partial charge in [0.25, 0.3) is 0 Å². The van der Waals surface area contributed by atoms with Crippen LogP contribution in [0.4, 0.5) is 10.5 Å². The number of anilines is 1. The average molecular weight is 320 g/mol. The molecule has 0 aliphatic carbocycles. The molecule has 22 heavy (non-hydrogen) atoms. The molecule has 2 rings (SSSR count). The third-order valence-corrected chi connectivity index (χ3v) is 4.34. The van der Waals surface area contributed by atoms with Crippen molar-refractivity contribution >= 4 is 23.1 Å². The summed E-state index contributed by atoms with van der Waals surface area (Å²) >= 11 is 1.61. The van der Waals surface area contributed by atoms with Gasteiger partial charge in [0.1, 0.15) is 0 Å². The lowest BCUT2D eigenvalue weighted by Crippen LogP contribution is -2.32. The molecule has 2 aromatic heterocycles. The normalized spacial score (nSPS) is 11.8. The van der Waals surface area contributed by atoms with E-state index >= 15 is 0 Å². The highest BCUT2D eigenvalue weighted by Crippen LogP contribution is 2.19. The maximum atomic E-state index is 12.0. The van der Waals surface area contributed by atoms with E-state index in [9.17, 15) is 4.79 Å². The molecule has 0 radical (unpaired) electrons. The zero-order valence-corrected chi connectivity index (χ0v) is 14.0. The van der Waals surface area contributed by atoms with Crippen LogP contribution in [-0.2, 0) is 0 Å². The van der Waals surface area contributed by atoms with Crippen molar-refractivity contribution in [3.05, 3.63) is 33.9 Å². The molecule has 0 spiro atoms. The second-order valence-electron chi connectivity index (χ2n) is 5.05. The first-order valence-electron chi connectivity index (χ1n) is 6.98. The van der Waals surface area contributed by atoms with Crippen molar-refractivity contribution in [2.45, 2.75) is 26.7 Å². The number of nitrogens with zero attached hydrogens (tertiary/aromatic N) is 2. The van der Waals surface area contributed by atoms with Crippen molar-refractivity contribution < 1.29 is 9.53 Å². The van der Waals surface area contributed by atoms with Crippen molar-refractivity contribution in [1.82, 2.24) is 15.3 Å². The van der Waals surface area contributed by atoms with E-state index in [2.05, 4.69) is 20.6 Å². The molecule has 2 N–H and O–H groups in total. The van der Waals surface area contributed by atoms with Gasteiger partial charge in [-0.1, -0.05) is 6.92 Å². The number of aromatic nitrogens is 2. The van der Waals surface area contributed by atoms with Gasteiger partial charge in [0.2, 0.25) is 5.88 Å². The Bertz CT molecular complexity index is 657. The molecular weight excluding hydrogens is 300 g/mol. The van der Waals surface area contributed by atoms with Crippen LogP contribution in [0.25, 0.3) is 0 Å². The summed E-state index contributed by atoms with van der Waals surface area (Å²) < 4.78 is 5.04. The summed E-state index contributed by atoms with van der Waals surface area (Å²) in [4.78, 5) is 20.6. The Balaban J connectivity index is 1.88. The van der Waals surface area contributed by atoms with Gasteiger partial charge < -0.3 is 15.4 Å². The van der Waals surface area contributed by atoms with Crippen LogP contribution in [0.5, 0.6) is 5.88 Å². The Labute approximate surface area is 133 Å². The number of carbonyl (C=O) groups excluding carboxylic acids is 1. The summed E-state index contributed by atoms with van der Waals surface area (Å²) in [5.41, 5.74) is 2.38. The molecule has 0 bridgehead atoms. The maximum Gasteiger partial charge on any atom is 0.319 e. The Morgan fingerprint density at radius 2 is 2.14 bits per heavy atom. The number of urea groups is 1. The van der Waals surface area contributed by atoms with Gasteiger partial charge in [-0.2, -0.15) is 0 Å². The van der Waals surface area contributed by atoms with Crippen molar-refractivity contribution in [2.75, 3.05) is 19.0 Å². The van der Waals surface area contributed by atoms with Gasteiger partial charge in [-0.25, -0.2) is 14.8 Å². The highest BCUT2D eigenvalue weighted by molar-refractivity contribution is 7.09. The van der Waals surface area contributed by atoms with Crippen LogP contribution in [0.2, 0.25) is 0 Å². The minimum absolute atomic E-state index is 0.180. The first-order chi connectivity index (χ1) is 10.5. The first-order valence-corrected chi connectivity index (χ1v) is 7.86. The number of thiazole rings is 1. The SMILES string of the molecule is COc1ccc(NC(=O)NC[C@H](C)c2nc(C)cs2)c(C)n1. The Morgan fingerprint density at radius 1 is 1.36 bits per heavy atom. The number of pyridine rings is 1. The number of hydrogen-bond acceptors (Lipinski definition) is 5. The lowest BCUT2D eigenvalue weighted by molar-refractivity contribution is 0.251. The van der Waals surface area contributed by atoms with Crippen LogP contribution in [0.3, 0.4) is 0 Å². The van der Waals surface area contributed by atoms with Crippen molar-refractivity contribution in [2.24, 2.45) is 0 Å². The maximum absolute atomic E-state index is 12.0. The molecule has 0 aliphatic heterocycles. The second-order valence-corrected chi connectivity index (χ2v) is 5.94. The van der Waals surface area contributed by atoms with E-state index in [0.717, 1.165) is 10.7 Å². The molecule has 7 heteroatoms. The van der Waals surface area contributed by atoms with E-state index in [-0.39, 0.29) is 11.9 Å². The highest BCUT2D eigenvalue weighted by atomic mass is 32.1. The molecule has 0 aliphatic rings. The van der Waals surface area contributed by atoms with E-state index in [1.165, 1.54) is 0 Å². The van der Waals surface area contributed by atoms with Crippen LogP contribution < -0.4 is 15.4 Å². The average Bonchev–Trinajstić information content (AvgIpc) is 2.93. The van der Waals surface area contributed by atoms with Gasteiger partial charge in [0.05, 0.1) is 23.5 Å². The van der Waals surface area contributed by atoms with E-state index in [0.29, 0.717) is 23.8 Å². The minimum atomic E-state index is -0.254. The smallest absolute Gasteiger partial charge is 0.319 e. The molecule has 118 valence electrons.